The number of alkyl halides is 2. The molecule has 0 saturated heterocycles. The number of hydrogen-bond acceptors (Lipinski definition) is 2. The highest BCUT2D eigenvalue weighted by atomic mass is 35.5. The Morgan fingerprint density at radius 2 is 2.08 bits per heavy atom. The second kappa shape index (κ2) is 4.39. The molecule has 0 saturated carbocycles. The van der Waals surface area contributed by atoms with Crippen molar-refractivity contribution in [1.29, 1.82) is 0 Å². The van der Waals surface area contributed by atoms with Gasteiger partial charge in [0.1, 0.15) is 5.75 Å². The molecular formula is C8H8ClF2NO. The van der Waals surface area contributed by atoms with Crippen molar-refractivity contribution in [3.63, 3.8) is 0 Å². The zero-order valence-corrected chi connectivity index (χ0v) is 7.39. The Hall–Kier alpha value is -0.870. The lowest BCUT2D eigenvalue weighted by atomic mass is 10.2. The molecule has 1 rings (SSSR count). The van der Waals surface area contributed by atoms with Gasteiger partial charge in [0.15, 0.2) is 0 Å². The highest BCUT2D eigenvalue weighted by Crippen LogP contribution is 2.22. The number of nitrogens with two attached hydrogens (primary N) is 1. The van der Waals surface area contributed by atoms with E-state index in [2.05, 4.69) is 4.74 Å². The fourth-order valence-electron chi connectivity index (χ4n) is 0.909. The monoisotopic (exact) mass is 207 g/mol. The van der Waals surface area contributed by atoms with Gasteiger partial charge in [0.2, 0.25) is 0 Å². The molecule has 0 aliphatic rings. The molecule has 0 radical (unpaired) electrons. The zero-order valence-electron chi connectivity index (χ0n) is 6.64. The fraction of sp³-hybridized carbons (Fsp3) is 0.250. The first-order valence-electron chi connectivity index (χ1n) is 3.56. The van der Waals surface area contributed by atoms with E-state index in [9.17, 15) is 8.78 Å². The molecule has 0 fully saturated rings. The van der Waals surface area contributed by atoms with Gasteiger partial charge >= 0.3 is 6.61 Å². The van der Waals surface area contributed by atoms with E-state index in [1.165, 1.54) is 12.1 Å². The summed E-state index contributed by atoms with van der Waals surface area (Å²) in [5.41, 5.74) is 5.97. The van der Waals surface area contributed by atoms with Gasteiger partial charge in [0.25, 0.3) is 0 Å². The molecular weight excluding hydrogens is 200 g/mol. The van der Waals surface area contributed by atoms with Crippen molar-refractivity contribution in [3.05, 3.63) is 28.8 Å². The van der Waals surface area contributed by atoms with Crippen molar-refractivity contribution in [2.45, 2.75) is 13.2 Å². The molecule has 1 aromatic carbocycles. The molecule has 2 nitrogen and oxygen atoms in total. The van der Waals surface area contributed by atoms with Gasteiger partial charge < -0.3 is 10.5 Å². The maximum absolute atomic E-state index is 11.8. The van der Waals surface area contributed by atoms with Crippen LogP contribution in [0.5, 0.6) is 5.75 Å². The van der Waals surface area contributed by atoms with Crippen LogP contribution in [0.15, 0.2) is 18.2 Å². The summed E-state index contributed by atoms with van der Waals surface area (Å²) >= 11 is 5.63. The molecule has 0 aliphatic carbocycles. The van der Waals surface area contributed by atoms with E-state index >= 15 is 0 Å². The highest BCUT2D eigenvalue weighted by Gasteiger charge is 2.05. The Morgan fingerprint density at radius 3 is 2.62 bits per heavy atom. The van der Waals surface area contributed by atoms with E-state index in [-0.39, 0.29) is 12.3 Å². The summed E-state index contributed by atoms with van der Waals surface area (Å²) in [7, 11) is 0. The van der Waals surface area contributed by atoms with Gasteiger partial charge in [0.05, 0.1) is 0 Å². The molecule has 13 heavy (non-hydrogen) atoms. The Balaban J connectivity index is 2.88. The van der Waals surface area contributed by atoms with Crippen molar-refractivity contribution >= 4 is 11.6 Å². The Kier molecular flexibility index (Phi) is 3.45. The van der Waals surface area contributed by atoms with Crippen LogP contribution in [0, 0.1) is 0 Å². The van der Waals surface area contributed by atoms with Gasteiger partial charge in [-0.25, -0.2) is 0 Å². The lowest BCUT2D eigenvalue weighted by Gasteiger charge is -2.06. The van der Waals surface area contributed by atoms with Crippen molar-refractivity contribution in [2.75, 3.05) is 0 Å². The van der Waals surface area contributed by atoms with Crippen LogP contribution in [0.25, 0.3) is 0 Å². The van der Waals surface area contributed by atoms with Gasteiger partial charge in [-0.05, 0) is 23.8 Å². The summed E-state index contributed by atoms with van der Waals surface area (Å²) in [5.74, 6) is 0.0305. The standard InChI is InChI=1S/C8H8ClF2NO/c9-6-1-5(4-12)2-7(3-6)13-8(10)11/h1-3,8H,4,12H2. The Morgan fingerprint density at radius 1 is 1.38 bits per heavy atom. The SMILES string of the molecule is NCc1cc(Cl)cc(OC(F)F)c1. The molecule has 0 unspecified atom stereocenters. The summed E-state index contributed by atoms with van der Waals surface area (Å²) < 4.78 is 27.7. The van der Waals surface area contributed by atoms with E-state index in [4.69, 9.17) is 17.3 Å². The summed E-state index contributed by atoms with van der Waals surface area (Å²) in [6, 6.07) is 4.34. The van der Waals surface area contributed by atoms with Crippen LogP contribution < -0.4 is 10.5 Å². The van der Waals surface area contributed by atoms with Crippen molar-refractivity contribution < 1.29 is 13.5 Å². The largest absolute Gasteiger partial charge is 0.435 e. The number of halogens is 3. The summed E-state index contributed by atoms with van der Waals surface area (Å²) in [6.07, 6.45) is 0. The van der Waals surface area contributed by atoms with Gasteiger partial charge in [-0.1, -0.05) is 11.6 Å². The van der Waals surface area contributed by atoms with Crippen LogP contribution in [0.2, 0.25) is 5.02 Å². The molecule has 0 heterocycles. The molecule has 0 spiro atoms. The topological polar surface area (TPSA) is 35.2 Å². The third kappa shape index (κ3) is 3.16. The third-order valence-electron chi connectivity index (χ3n) is 1.39. The predicted molar refractivity (Wildman–Crippen MR) is 46.0 cm³/mol. The minimum Gasteiger partial charge on any atom is -0.435 e. The van der Waals surface area contributed by atoms with E-state index < -0.39 is 6.61 Å². The highest BCUT2D eigenvalue weighted by molar-refractivity contribution is 6.30. The minimum absolute atomic E-state index is 0.0305. The zero-order chi connectivity index (χ0) is 9.84. The van der Waals surface area contributed by atoms with Crippen molar-refractivity contribution in [1.82, 2.24) is 0 Å². The lowest BCUT2D eigenvalue weighted by Crippen LogP contribution is -2.03. The first kappa shape index (κ1) is 10.2. The summed E-state index contributed by atoms with van der Waals surface area (Å²) in [5, 5.41) is 0.332. The molecule has 0 amide bonds. The fourth-order valence-corrected chi connectivity index (χ4v) is 1.16. The Bertz CT molecular complexity index is 293. The summed E-state index contributed by atoms with van der Waals surface area (Å²) in [6.45, 7) is -2.61. The van der Waals surface area contributed by atoms with Crippen LogP contribution in [-0.2, 0) is 6.54 Å². The second-order valence-corrected chi connectivity index (χ2v) is 2.81. The van der Waals surface area contributed by atoms with Crippen molar-refractivity contribution in [3.8, 4) is 5.75 Å². The normalized spacial score (nSPS) is 10.5. The molecule has 0 aromatic heterocycles. The average Bonchev–Trinajstić information content (AvgIpc) is 2.01. The number of rotatable bonds is 3. The van der Waals surface area contributed by atoms with Gasteiger partial charge in [0, 0.05) is 11.6 Å². The van der Waals surface area contributed by atoms with Crippen LogP contribution in [0.3, 0.4) is 0 Å². The summed E-state index contributed by atoms with van der Waals surface area (Å²) in [4.78, 5) is 0. The molecule has 0 atom stereocenters. The molecule has 5 heteroatoms. The first-order chi connectivity index (χ1) is 6.11. The van der Waals surface area contributed by atoms with Crippen LogP contribution in [-0.4, -0.2) is 6.61 Å². The predicted octanol–water partition coefficient (Wildman–Crippen LogP) is 2.40. The smallest absolute Gasteiger partial charge is 0.387 e. The molecule has 1 aromatic rings. The van der Waals surface area contributed by atoms with Crippen molar-refractivity contribution in [2.24, 2.45) is 5.73 Å². The van der Waals surface area contributed by atoms with Gasteiger partial charge in [-0.15, -0.1) is 0 Å². The van der Waals surface area contributed by atoms with Crippen LogP contribution in [0.4, 0.5) is 8.78 Å². The van der Waals surface area contributed by atoms with Crippen LogP contribution >= 0.6 is 11.6 Å². The molecule has 2 N–H and O–H groups in total. The first-order valence-corrected chi connectivity index (χ1v) is 3.94. The lowest BCUT2D eigenvalue weighted by molar-refractivity contribution is -0.0498. The van der Waals surface area contributed by atoms with E-state index in [0.29, 0.717) is 10.6 Å². The van der Waals surface area contributed by atoms with Gasteiger partial charge in [-0.3, -0.25) is 0 Å². The second-order valence-electron chi connectivity index (χ2n) is 2.38. The average molecular weight is 208 g/mol. The van der Waals surface area contributed by atoms with Crippen LogP contribution in [0.1, 0.15) is 5.56 Å². The Labute approximate surface area is 79.2 Å². The van der Waals surface area contributed by atoms with E-state index in [1.807, 2.05) is 0 Å². The number of hydrogen-bond donors (Lipinski definition) is 1. The third-order valence-corrected chi connectivity index (χ3v) is 1.61. The maximum Gasteiger partial charge on any atom is 0.387 e. The van der Waals surface area contributed by atoms with E-state index in [1.54, 1.807) is 6.07 Å². The number of benzene rings is 1. The molecule has 0 bridgehead atoms. The maximum atomic E-state index is 11.8. The molecule has 72 valence electrons. The minimum atomic E-state index is -2.84. The molecule has 0 aliphatic heterocycles. The van der Waals surface area contributed by atoms with Gasteiger partial charge in [-0.2, -0.15) is 8.78 Å². The number of ether oxygens (including phenoxy) is 1. The quantitative estimate of drug-likeness (QED) is 0.826. The van der Waals surface area contributed by atoms with E-state index in [0.717, 1.165) is 0 Å².